The number of nitriles is 1. The van der Waals surface area contributed by atoms with E-state index < -0.39 is 11.7 Å². The second-order valence-corrected chi connectivity index (χ2v) is 10.6. The van der Waals surface area contributed by atoms with E-state index in [4.69, 9.17) is 4.74 Å². The summed E-state index contributed by atoms with van der Waals surface area (Å²) in [5.74, 6) is 0.278. The molecule has 1 amide bonds. The molecule has 2 saturated heterocycles. The van der Waals surface area contributed by atoms with Crippen LogP contribution in [0.2, 0.25) is 0 Å². The molecule has 2 fully saturated rings. The molecule has 6 rings (SSSR count). The van der Waals surface area contributed by atoms with Crippen molar-refractivity contribution in [2.24, 2.45) is 5.41 Å². The number of alkyl halides is 3. The second kappa shape index (κ2) is 10.1. The summed E-state index contributed by atoms with van der Waals surface area (Å²) >= 11 is 0. The third-order valence-corrected chi connectivity index (χ3v) is 7.83. The summed E-state index contributed by atoms with van der Waals surface area (Å²) in [7, 11) is 0. The summed E-state index contributed by atoms with van der Waals surface area (Å²) in [6.07, 6.45) is 0.0264. The molecule has 214 valence electrons. The lowest BCUT2D eigenvalue weighted by Gasteiger charge is -2.47. The summed E-state index contributed by atoms with van der Waals surface area (Å²) in [6.45, 7) is 7.65. The molecular formula is C29H25F3N8O2. The summed E-state index contributed by atoms with van der Waals surface area (Å²) in [5, 5.41) is 18.2. The maximum absolute atomic E-state index is 13.0. The smallest absolute Gasteiger partial charge is 0.417 e. The van der Waals surface area contributed by atoms with Gasteiger partial charge in [-0.3, -0.25) is 14.9 Å². The number of likely N-dealkylation sites (tertiary alicyclic amines) is 1. The number of carbonyl (C=O) groups excluding carboxylic acids is 1. The fourth-order valence-corrected chi connectivity index (χ4v) is 5.69. The van der Waals surface area contributed by atoms with Crippen molar-refractivity contribution in [2.75, 3.05) is 31.1 Å². The van der Waals surface area contributed by atoms with Gasteiger partial charge in [-0.15, -0.1) is 0 Å². The molecule has 1 N–H and O–H groups in total. The molecule has 0 atom stereocenters. The largest absolute Gasteiger partial charge is 0.457 e. The highest BCUT2D eigenvalue weighted by Gasteiger charge is 2.49. The number of H-pyrrole nitrogens is 1. The standard InChI is InChI=1S/C29H25F3N8O2/c1-3-23(41)40-15-28(16-40)8-9-39(14-28)26-20(10-33)25(24-17(2)4-7-22-21(24)12-35-38-22)36-27(37-26)42-13-19-6-5-18(11-34-19)29(30,31)32/h3-7,11-12H,1,8-9,13-16H2,2H3,(H,35,38). The molecule has 0 unspecified atom stereocenters. The molecule has 0 aliphatic carbocycles. The topological polar surface area (TPSA) is 124 Å². The molecule has 2 aliphatic rings. The normalized spacial score (nSPS) is 16.0. The van der Waals surface area contributed by atoms with Crippen molar-refractivity contribution < 1.29 is 22.7 Å². The van der Waals surface area contributed by atoms with E-state index in [9.17, 15) is 23.2 Å². The molecule has 10 nitrogen and oxygen atoms in total. The summed E-state index contributed by atoms with van der Waals surface area (Å²) in [4.78, 5) is 28.9. The molecule has 0 saturated carbocycles. The summed E-state index contributed by atoms with van der Waals surface area (Å²) < 4.78 is 44.8. The number of halogens is 3. The number of ether oxygens (including phenoxy) is 1. The van der Waals surface area contributed by atoms with Gasteiger partial charge in [0.05, 0.1) is 28.7 Å². The predicted octanol–water partition coefficient (Wildman–Crippen LogP) is 4.42. The summed E-state index contributed by atoms with van der Waals surface area (Å²) in [6, 6.07) is 8.22. The zero-order chi connectivity index (χ0) is 29.6. The minimum absolute atomic E-state index is 0.0429. The molecule has 13 heteroatoms. The Hall–Kier alpha value is -4.99. The van der Waals surface area contributed by atoms with Gasteiger partial charge in [0.2, 0.25) is 5.91 Å². The molecular weight excluding hydrogens is 549 g/mol. The molecule has 5 heterocycles. The third-order valence-electron chi connectivity index (χ3n) is 7.83. The van der Waals surface area contributed by atoms with Crippen molar-refractivity contribution in [3.05, 3.63) is 71.7 Å². The van der Waals surface area contributed by atoms with E-state index in [1.165, 1.54) is 12.1 Å². The molecule has 1 aromatic carbocycles. The highest BCUT2D eigenvalue weighted by Crippen LogP contribution is 2.43. The predicted molar refractivity (Wildman–Crippen MR) is 146 cm³/mol. The van der Waals surface area contributed by atoms with Crippen LogP contribution < -0.4 is 9.64 Å². The van der Waals surface area contributed by atoms with Crippen LogP contribution in [0.5, 0.6) is 6.01 Å². The summed E-state index contributed by atoms with van der Waals surface area (Å²) in [5.41, 5.74) is 2.22. The zero-order valence-electron chi connectivity index (χ0n) is 22.6. The van der Waals surface area contributed by atoms with Gasteiger partial charge in [0, 0.05) is 48.7 Å². The Morgan fingerprint density at radius 1 is 1.21 bits per heavy atom. The van der Waals surface area contributed by atoms with Crippen LogP contribution in [-0.4, -0.2) is 62.1 Å². The SMILES string of the molecule is C=CC(=O)N1CC2(CCN(c3nc(OCc4ccc(C(F)(F)F)cn4)nc(-c4c(C)ccc5[nH]ncc45)c3C#N)C2)C1. The number of pyridine rings is 1. The van der Waals surface area contributed by atoms with Gasteiger partial charge in [0.1, 0.15) is 18.2 Å². The van der Waals surface area contributed by atoms with Crippen molar-refractivity contribution in [1.82, 2.24) is 30.0 Å². The van der Waals surface area contributed by atoms with Gasteiger partial charge in [-0.25, -0.2) is 0 Å². The monoisotopic (exact) mass is 574 g/mol. The minimum Gasteiger partial charge on any atom is -0.457 e. The van der Waals surface area contributed by atoms with Crippen LogP contribution in [0.15, 0.2) is 49.3 Å². The van der Waals surface area contributed by atoms with Crippen molar-refractivity contribution >= 4 is 22.6 Å². The Labute approximate surface area is 238 Å². The molecule has 1 spiro atoms. The van der Waals surface area contributed by atoms with Gasteiger partial charge in [0.25, 0.3) is 0 Å². The Morgan fingerprint density at radius 3 is 2.71 bits per heavy atom. The van der Waals surface area contributed by atoms with Crippen LogP contribution in [-0.2, 0) is 17.6 Å². The van der Waals surface area contributed by atoms with Crippen LogP contribution in [0.4, 0.5) is 19.0 Å². The fraction of sp³-hybridized carbons (Fsp3) is 0.310. The fourth-order valence-electron chi connectivity index (χ4n) is 5.69. The Balaban J connectivity index is 1.38. The maximum Gasteiger partial charge on any atom is 0.417 e. The van der Waals surface area contributed by atoms with Crippen molar-refractivity contribution in [2.45, 2.75) is 26.1 Å². The lowest BCUT2D eigenvalue weighted by atomic mass is 9.79. The number of aryl methyl sites for hydroxylation is 1. The van der Waals surface area contributed by atoms with Gasteiger partial charge >= 0.3 is 12.2 Å². The number of carbonyl (C=O) groups is 1. The van der Waals surface area contributed by atoms with E-state index in [-0.39, 0.29) is 35.2 Å². The van der Waals surface area contributed by atoms with E-state index in [1.807, 2.05) is 24.0 Å². The Kier molecular flexibility index (Phi) is 6.56. The quantitative estimate of drug-likeness (QED) is 0.336. The second-order valence-electron chi connectivity index (χ2n) is 10.6. The number of nitrogens with one attached hydrogen (secondary N) is 1. The number of fused-ring (bicyclic) bond motifs is 1. The van der Waals surface area contributed by atoms with Gasteiger partial charge in [0.15, 0.2) is 5.82 Å². The van der Waals surface area contributed by atoms with Crippen molar-refractivity contribution in [1.29, 1.82) is 5.26 Å². The van der Waals surface area contributed by atoms with Gasteiger partial charge in [-0.1, -0.05) is 12.6 Å². The number of hydrogen-bond donors (Lipinski definition) is 1. The highest BCUT2D eigenvalue weighted by molar-refractivity contribution is 5.97. The van der Waals surface area contributed by atoms with Gasteiger partial charge in [-0.2, -0.15) is 33.5 Å². The molecule has 3 aromatic heterocycles. The van der Waals surface area contributed by atoms with Crippen LogP contribution in [0, 0.1) is 23.7 Å². The Bertz CT molecular complexity index is 1740. The Morgan fingerprint density at radius 2 is 2.02 bits per heavy atom. The highest BCUT2D eigenvalue weighted by atomic mass is 19.4. The van der Waals surface area contributed by atoms with Crippen LogP contribution in [0.1, 0.15) is 28.8 Å². The molecule has 2 aliphatic heterocycles. The first-order valence-electron chi connectivity index (χ1n) is 13.2. The van der Waals surface area contributed by atoms with E-state index >= 15 is 0 Å². The molecule has 42 heavy (non-hydrogen) atoms. The first-order chi connectivity index (χ1) is 20.1. The van der Waals surface area contributed by atoms with Gasteiger partial charge < -0.3 is 14.5 Å². The van der Waals surface area contributed by atoms with E-state index in [2.05, 4.69) is 37.8 Å². The number of anilines is 1. The van der Waals surface area contributed by atoms with E-state index in [0.717, 1.165) is 35.2 Å². The number of aromatic amines is 1. The molecule has 4 aromatic rings. The average molecular weight is 575 g/mol. The van der Waals surface area contributed by atoms with E-state index in [1.54, 1.807) is 11.1 Å². The van der Waals surface area contributed by atoms with Crippen molar-refractivity contribution in [3.63, 3.8) is 0 Å². The van der Waals surface area contributed by atoms with Gasteiger partial charge in [-0.05, 0) is 43.2 Å². The van der Waals surface area contributed by atoms with Crippen LogP contribution in [0.25, 0.3) is 22.2 Å². The van der Waals surface area contributed by atoms with Crippen LogP contribution in [0.3, 0.4) is 0 Å². The number of amides is 1. The number of hydrogen-bond acceptors (Lipinski definition) is 8. The minimum atomic E-state index is -4.50. The van der Waals surface area contributed by atoms with E-state index in [0.29, 0.717) is 43.3 Å². The molecule has 0 bridgehead atoms. The first kappa shape index (κ1) is 27.2. The number of nitrogens with zero attached hydrogens (tertiary/aromatic N) is 7. The number of rotatable bonds is 6. The first-order valence-corrected chi connectivity index (χ1v) is 13.2. The van der Waals surface area contributed by atoms with Crippen LogP contribution >= 0.6 is 0 Å². The maximum atomic E-state index is 13.0. The zero-order valence-corrected chi connectivity index (χ0v) is 22.6. The lowest BCUT2D eigenvalue weighted by Crippen LogP contribution is -2.59. The number of benzene rings is 1. The molecule has 0 radical (unpaired) electrons. The average Bonchev–Trinajstić information content (AvgIpc) is 3.62. The number of aromatic nitrogens is 5. The third kappa shape index (κ3) is 4.78. The lowest BCUT2D eigenvalue weighted by molar-refractivity contribution is -0.138. The van der Waals surface area contributed by atoms with Crippen molar-refractivity contribution in [3.8, 4) is 23.3 Å².